The van der Waals surface area contributed by atoms with Crippen LogP contribution in [0.5, 0.6) is 0 Å². The molecule has 3 heterocycles. The van der Waals surface area contributed by atoms with Gasteiger partial charge < -0.3 is 4.90 Å². The molecular formula is C22H23FN6O. The fraction of sp³-hybridized carbons (Fsp3) is 0.273. The maximum Gasteiger partial charge on any atom is 0.254 e. The third kappa shape index (κ3) is 3.34. The quantitative estimate of drug-likeness (QED) is 0.507. The Morgan fingerprint density at radius 1 is 1.17 bits per heavy atom. The highest BCUT2D eigenvalue weighted by Gasteiger charge is 2.21. The van der Waals surface area contributed by atoms with Crippen LogP contribution in [0, 0.1) is 19.7 Å². The molecule has 0 bridgehead atoms. The SMILES string of the molecule is CCn1ncc(CN(C)C(=O)c2cc(C)nc3c2cnn3-c2ccccc2F)c1C. The zero-order valence-corrected chi connectivity index (χ0v) is 17.4. The second kappa shape index (κ2) is 7.70. The van der Waals surface area contributed by atoms with Crippen LogP contribution in [-0.4, -0.2) is 42.4 Å². The zero-order valence-electron chi connectivity index (χ0n) is 17.4. The van der Waals surface area contributed by atoms with E-state index in [4.69, 9.17) is 0 Å². The molecule has 154 valence electrons. The monoisotopic (exact) mass is 406 g/mol. The van der Waals surface area contributed by atoms with Gasteiger partial charge in [-0.15, -0.1) is 0 Å². The molecule has 30 heavy (non-hydrogen) atoms. The lowest BCUT2D eigenvalue weighted by molar-refractivity contribution is 0.0786. The summed E-state index contributed by atoms with van der Waals surface area (Å²) in [5.41, 5.74) is 3.93. The van der Waals surface area contributed by atoms with Crippen LogP contribution in [0.1, 0.15) is 34.2 Å². The first-order chi connectivity index (χ1) is 14.4. The highest BCUT2D eigenvalue weighted by atomic mass is 19.1. The van der Waals surface area contributed by atoms with Gasteiger partial charge in [-0.05, 0) is 39.0 Å². The number of fused-ring (bicyclic) bond motifs is 1. The summed E-state index contributed by atoms with van der Waals surface area (Å²) in [7, 11) is 1.76. The molecule has 7 nitrogen and oxygen atoms in total. The van der Waals surface area contributed by atoms with E-state index in [9.17, 15) is 9.18 Å². The van der Waals surface area contributed by atoms with E-state index in [1.807, 2.05) is 25.5 Å². The van der Waals surface area contributed by atoms with Gasteiger partial charge in [0.2, 0.25) is 0 Å². The van der Waals surface area contributed by atoms with Crippen LogP contribution in [0.15, 0.2) is 42.7 Å². The fourth-order valence-corrected chi connectivity index (χ4v) is 3.59. The van der Waals surface area contributed by atoms with E-state index >= 15 is 0 Å². The van der Waals surface area contributed by atoms with Crippen molar-refractivity contribution in [2.45, 2.75) is 33.9 Å². The van der Waals surface area contributed by atoms with Crippen LogP contribution < -0.4 is 0 Å². The molecule has 0 aliphatic carbocycles. The molecule has 0 atom stereocenters. The molecule has 3 aromatic heterocycles. The molecule has 0 unspecified atom stereocenters. The molecule has 0 spiro atoms. The molecule has 1 aromatic carbocycles. The fourth-order valence-electron chi connectivity index (χ4n) is 3.59. The first-order valence-electron chi connectivity index (χ1n) is 9.77. The van der Waals surface area contributed by atoms with Gasteiger partial charge in [-0.25, -0.2) is 14.1 Å². The minimum Gasteiger partial charge on any atom is -0.337 e. The zero-order chi connectivity index (χ0) is 21.4. The van der Waals surface area contributed by atoms with Gasteiger partial charge in [0.1, 0.15) is 11.5 Å². The van der Waals surface area contributed by atoms with Gasteiger partial charge in [-0.3, -0.25) is 9.48 Å². The van der Waals surface area contributed by atoms with Crippen molar-refractivity contribution in [1.29, 1.82) is 0 Å². The van der Waals surface area contributed by atoms with Crippen molar-refractivity contribution < 1.29 is 9.18 Å². The van der Waals surface area contributed by atoms with E-state index in [0.717, 1.165) is 17.8 Å². The predicted molar refractivity (Wildman–Crippen MR) is 112 cm³/mol. The maximum absolute atomic E-state index is 14.3. The Hall–Kier alpha value is -3.55. The number of carbonyl (C=O) groups excluding carboxylic acids is 1. The van der Waals surface area contributed by atoms with Crippen LogP contribution in [0.3, 0.4) is 0 Å². The average molecular weight is 406 g/mol. The molecule has 8 heteroatoms. The van der Waals surface area contributed by atoms with Crippen molar-refractivity contribution in [3.05, 3.63) is 71.1 Å². The van der Waals surface area contributed by atoms with Crippen molar-refractivity contribution in [3.63, 3.8) is 0 Å². The largest absolute Gasteiger partial charge is 0.337 e. The van der Waals surface area contributed by atoms with Crippen molar-refractivity contribution >= 4 is 16.9 Å². The van der Waals surface area contributed by atoms with Gasteiger partial charge in [-0.1, -0.05) is 12.1 Å². The van der Waals surface area contributed by atoms with E-state index in [0.29, 0.717) is 34.5 Å². The summed E-state index contributed by atoms with van der Waals surface area (Å²) >= 11 is 0. The summed E-state index contributed by atoms with van der Waals surface area (Å²) in [6.07, 6.45) is 3.36. The van der Waals surface area contributed by atoms with Crippen molar-refractivity contribution in [2.24, 2.45) is 0 Å². The number of amides is 1. The lowest BCUT2D eigenvalue weighted by Crippen LogP contribution is -2.26. The Balaban J connectivity index is 1.72. The highest BCUT2D eigenvalue weighted by molar-refractivity contribution is 6.05. The van der Waals surface area contributed by atoms with Crippen LogP contribution in [0.4, 0.5) is 4.39 Å². The number of nitrogens with zero attached hydrogens (tertiary/aromatic N) is 6. The molecule has 0 fully saturated rings. The summed E-state index contributed by atoms with van der Waals surface area (Å²) in [4.78, 5) is 19.4. The Labute approximate surface area is 173 Å². The number of hydrogen-bond donors (Lipinski definition) is 0. The molecular weight excluding hydrogens is 383 g/mol. The lowest BCUT2D eigenvalue weighted by atomic mass is 10.1. The normalized spacial score (nSPS) is 11.2. The Morgan fingerprint density at radius 3 is 2.63 bits per heavy atom. The average Bonchev–Trinajstić information content (AvgIpc) is 3.30. The summed E-state index contributed by atoms with van der Waals surface area (Å²) in [6.45, 7) is 7.06. The van der Waals surface area contributed by atoms with E-state index in [1.54, 1.807) is 48.6 Å². The molecule has 1 amide bonds. The third-order valence-electron chi connectivity index (χ3n) is 5.24. The van der Waals surface area contributed by atoms with E-state index in [-0.39, 0.29) is 5.91 Å². The number of pyridine rings is 1. The number of hydrogen-bond acceptors (Lipinski definition) is 4. The standard InChI is InChI=1S/C22H23FN6O/c1-5-28-15(3)16(11-24-28)13-27(4)22(30)17-10-14(2)26-21-18(17)12-25-29(21)20-9-7-6-8-19(20)23/h6-12H,5,13H2,1-4H3. The molecule has 0 saturated heterocycles. The first kappa shape index (κ1) is 19.8. The number of carbonyl (C=O) groups is 1. The second-order valence-corrected chi connectivity index (χ2v) is 7.29. The molecule has 0 aliphatic heterocycles. The number of aryl methyl sites for hydroxylation is 2. The van der Waals surface area contributed by atoms with Gasteiger partial charge in [0.15, 0.2) is 5.65 Å². The van der Waals surface area contributed by atoms with E-state index in [1.165, 1.54) is 10.7 Å². The molecule has 4 aromatic rings. The molecule has 0 saturated carbocycles. The van der Waals surface area contributed by atoms with Crippen molar-refractivity contribution in [3.8, 4) is 5.69 Å². The van der Waals surface area contributed by atoms with Crippen LogP contribution in [0.2, 0.25) is 0 Å². The van der Waals surface area contributed by atoms with E-state index in [2.05, 4.69) is 15.2 Å². The third-order valence-corrected chi connectivity index (χ3v) is 5.24. The van der Waals surface area contributed by atoms with Crippen LogP contribution in [-0.2, 0) is 13.1 Å². The van der Waals surface area contributed by atoms with Gasteiger partial charge in [-0.2, -0.15) is 10.2 Å². The number of rotatable bonds is 5. The minimum atomic E-state index is -0.404. The summed E-state index contributed by atoms with van der Waals surface area (Å²) < 4.78 is 17.6. The number of halogens is 1. The second-order valence-electron chi connectivity index (χ2n) is 7.29. The number of aromatic nitrogens is 5. The van der Waals surface area contributed by atoms with E-state index < -0.39 is 5.82 Å². The molecule has 0 aliphatic rings. The van der Waals surface area contributed by atoms with Gasteiger partial charge in [0, 0.05) is 37.1 Å². The van der Waals surface area contributed by atoms with Gasteiger partial charge >= 0.3 is 0 Å². The maximum atomic E-state index is 14.3. The molecule has 0 N–H and O–H groups in total. The number of para-hydroxylation sites is 1. The topological polar surface area (TPSA) is 68.8 Å². The summed E-state index contributed by atoms with van der Waals surface area (Å²) in [5, 5.41) is 9.25. The Bertz CT molecular complexity index is 1240. The van der Waals surface area contributed by atoms with Crippen molar-refractivity contribution in [1.82, 2.24) is 29.4 Å². The Morgan fingerprint density at radius 2 is 1.93 bits per heavy atom. The smallest absolute Gasteiger partial charge is 0.254 e. The number of benzene rings is 1. The molecule has 0 radical (unpaired) electrons. The van der Waals surface area contributed by atoms with Crippen LogP contribution >= 0.6 is 0 Å². The lowest BCUT2D eigenvalue weighted by Gasteiger charge is -2.18. The van der Waals surface area contributed by atoms with Gasteiger partial charge in [0.25, 0.3) is 5.91 Å². The first-order valence-corrected chi connectivity index (χ1v) is 9.77. The predicted octanol–water partition coefficient (Wildman–Crippen LogP) is 3.67. The highest BCUT2D eigenvalue weighted by Crippen LogP contribution is 2.24. The Kier molecular flexibility index (Phi) is 5.07. The summed E-state index contributed by atoms with van der Waals surface area (Å²) in [6, 6.07) is 8.11. The summed E-state index contributed by atoms with van der Waals surface area (Å²) in [5.74, 6) is -0.554. The van der Waals surface area contributed by atoms with Crippen molar-refractivity contribution in [2.75, 3.05) is 7.05 Å². The van der Waals surface area contributed by atoms with Crippen LogP contribution in [0.25, 0.3) is 16.7 Å². The van der Waals surface area contributed by atoms with Gasteiger partial charge in [0.05, 0.1) is 23.3 Å². The molecule has 4 rings (SSSR count). The minimum absolute atomic E-state index is 0.151.